The number of nitrogens with zero attached hydrogens (tertiary/aromatic N) is 1. The fraction of sp³-hybridized carbons (Fsp3) is 0.333. The molecule has 1 aromatic heterocycles. The van der Waals surface area contributed by atoms with Crippen molar-refractivity contribution in [3.63, 3.8) is 0 Å². The number of aliphatic hydroxyl groups excluding tert-OH is 1. The number of halogens is 1. The summed E-state index contributed by atoms with van der Waals surface area (Å²) in [7, 11) is 0. The van der Waals surface area contributed by atoms with E-state index in [0.29, 0.717) is 0 Å². The first-order chi connectivity index (χ1) is 7.61. The van der Waals surface area contributed by atoms with Gasteiger partial charge in [-0.25, -0.2) is 9.18 Å². The molecular formula is C9H9FN2O4. The van der Waals surface area contributed by atoms with Gasteiger partial charge in [-0.1, -0.05) is 0 Å². The first-order valence-electron chi connectivity index (χ1n) is 4.57. The highest BCUT2D eigenvalue weighted by atomic mass is 19.1. The van der Waals surface area contributed by atoms with Crippen molar-refractivity contribution in [2.75, 3.05) is 6.61 Å². The Morgan fingerprint density at radius 3 is 2.88 bits per heavy atom. The topological polar surface area (TPSA) is 84.3 Å². The number of aromatic nitrogens is 2. The van der Waals surface area contributed by atoms with Gasteiger partial charge in [-0.15, -0.1) is 0 Å². The van der Waals surface area contributed by atoms with Crippen molar-refractivity contribution < 1.29 is 14.2 Å². The number of hydrogen-bond donors (Lipinski definition) is 2. The van der Waals surface area contributed by atoms with Crippen LogP contribution in [-0.4, -0.2) is 27.4 Å². The van der Waals surface area contributed by atoms with Crippen LogP contribution in [-0.2, 0) is 4.74 Å². The summed E-state index contributed by atoms with van der Waals surface area (Å²) in [5.74, 6) is -0.673. The molecule has 0 unspecified atom stereocenters. The summed E-state index contributed by atoms with van der Waals surface area (Å²) >= 11 is 0. The molecule has 16 heavy (non-hydrogen) atoms. The first kappa shape index (κ1) is 10.8. The lowest BCUT2D eigenvalue weighted by atomic mass is 10.3. The zero-order valence-corrected chi connectivity index (χ0v) is 8.09. The number of aromatic amines is 1. The van der Waals surface area contributed by atoms with Crippen molar-refractivity contribution in [1.29, 1.82) is 0 Å². The van der Waals surface area contributed by atoms with Gasteiger partial charge in [0.1, 0.15) is 11.9 Å². The molecule has 0 saturated heterocycles. The van der Waals surface area contributed by atoms with Gasteiger partial charge >= 0.3 is 5.69 Å². The van der Waals surface area contributed by atoms with Gasteiger partial charge in [0, 0.05) is 12.3 Å². The van der Waals surface area contributed by atoms with Crippen LogP contribution in [0.1, 0.15) is 6.23 Å². The number of H-pyrrole nitrogens is 1. The molecule has 2 heterocycles. The smallest absolute Gasteiger partial charge is 0.330 e. The maximum atomic E-state index is 13.4. The van der Waals surface area contributed by atoms with Crippen molar-refractivity contribution in [2.45, 2.75) is 12.3 Å². The van der Waals surface area contributed by atoms with E-state index in [2.05, 4.69) is 0 Å². The van der Waals surface area contributed by atoms with Crippen LogP contribution in [0.3, 0.4) is 0 Å². The minimum Gasteiger partial charge on any atom is -0.393 e. The number of aliphatic hydroxyl groups is 1. The van der Waals surface area contributed by atoms with Crippen molar-refractivity contribution in [3.05, 3.63) is 45.0 Å². The summed E-state index contributed by atoms with van der Waals surface area (Å²) in [6.45, 7) is -0.373. The molecule has 2 rings (SSSR count). The molecule has 2 N–H and O–H groups in total. The van der Waals surface area contributed by atoms with Crippen molar-refractivity contribution >= 4 is 0 Å². The summed E-state index contributed by atoms with van der Waals surface area (Å²) in [5.41, 5.74) is -1.33. The normalized spacial score (nSPS) is 24.5. The largest absolute Gasteiger partial charge is 0.393 e. The van der Waals surface area contributed by atoms with Crippen LogP contribution in [0.15, 0.2) is 33.8 Å². The third-order valence-corrected chi connectivity index (χ3v) is 2.17. The van der Waals surface area contributed by atoms with E-state index < -0.39 is 29.4 Å². The predicted octanol–water partition coefficient (Wildman–Crippen LogP) is -0.720. The summed E-state index contributed by atoms with van der Waals surface area (Å²) in [6.07, 6.45) is 0.228. The van der Waals surface area contributed by atoms with Gasteiger partial charge in [-0.2, -0.15) is 0 Å². The van der Waals surface area contributed by atoms with Gasteiger partial charge in [-0.05, 0) is 6.08 Å². The van der Waals surface area contributed by atoms with Crippen molar-refractivity contribution in [1.82, 2.24) is 9.55 Å². The van der Waals surface area contributed by atoms with Gasteiger partial charge in [0.25, 0.3) is 5.56 Å². The van der Waals surface area contributed by atoms with Gasteiger partial charge in [0.05, 0.1) is 6.61 Å². The van der Waals surface area contributed by atoms with Gasteiger partial charge in [-0.3, -0.25) is 14.3 Å². The second-order valence-corrected chi connectivity index (χ2v) is 3.28. The Balaban J connectivity index is 2.37. The molecule has 2 atom stereocenters. The van der Waals surface area contributed by atoms with Gasteiger partial charge in [0.15, 0.2) is 6.23 Å². The van der Waals surface area contributed by atoms with E-state index >= 15 is 0 Å². The third-order valence-electron chi connectivity index (χ3n) is 2.17. The van der Waals surface area contributed by atoms with E-state index in [1.54, 1.807) is 0 Å². The van der Waals surface area contributed by atoms with Crippen LogP contribution in [0.25, 0.3) is 0 Å². The molecule has 0 aromatic carbocycles. The van der Waals surface area contributed by atoms with Crippen LogP contribution in [0.4, 0.5) is 4.39 Å². The minimum atomic E-state index is -1.22. The fourth-order valence-electron chi connectivity index (χ4n) is 1.44. The molecular weight excluding hydrogens is 219 g/mol. The van der Waals surface area contributed by atoms with E-state index in [9.17, 15) is 14.0 Å². The Kier molecular flexibility index (Phi) is 2.71. The molecule has 0 aliphatic carbocycles. The highest BCUT2D eigenvalue weighted by molar-refractivity contribution is 5.08. The number of hydrogen-bond acceptors (Lipinski definition) is 4. The molecule has 6 nitrogen and oxygen atoms in total. The van der Waals surface area contributed by atoms with Crippen LogP contribution < -0.4 is 11.2 Å². The zero-order chi connectivity index (χ0) is 11.7. The van der Waals surface area contributed by atoms with E-state index in [1.165, 1.54) is 0 Å². The van der Waals surface area contributed by atoms with E-state index in [0.717, 1.165) is 22.9 Å². The fourth-order valence-corrected chi connectivity index (χ4v) is 1.44. The Bertz CT molecular complexity index is 533. The molecule has 0 fully saturated rings. The van der Waals surface area contributed by atoms with Gasteiger partial charge in [0.2, 0.25) is 0 Å². The Labute approximate surface area is 88.6 Å². The average Bonchev–Trinajstić information content (AvgIpc) is 2.60. The second-order valence-electron chi connectivity index (χ2n) is 3.28. The zero-order valence-electron chi connectivity index (χ0n) is 8.09. The molecule has 1 aliphatic rings. The van der Waals surface area contributed by atoms with Crippen LogP contribution in [0.2, 0.25) is 0 Å². The summed E-state index contributed by atoms with van der Waals surface area (Å²) in [4.78, 5) is 24.1. The lowest BCUT2D eigenvalue weighted by Gasteiger charge is -2.14. The molecule has 0 spiro atoms. The number of rotatable bonds is 2. The molecule has 1 aliphatic heterocycles. The molecule has 0 bridgehead atoms. The Morgan fingerprint density at radius 2 is 2.31 bits per heavy atom. The highest BCUT2D eigenvalue weighted by Crippen LogP contribution is 2.27. The number of nitrogens with one attached hydrogen (secondary N) is 1. The van der Waals surface area contributed by atoms with E-state index in [-0.39, 0.29) is 6.61 Å². The lowest BCUT2D eigenvalue weighted by molar-refractivity contribution is -0.0214. The summed E-state index contributed by atoms with van der Waals surface area (Å²) in [5, 5.41) is 8.78. The summed E-state index contributed by atoms with van der Waals surface area (Å²) < 4.78 is 19.3. The van der Waals surface area contributed by atoms with Crippen LogP contribution in [0.5, 0.6) is 0 Å². The molecule has 0 amide bonds. The second kappa shape index (κ2) is 4.03. The summed E-state index contributed by atoms with van der Waals surface area (Å²) in [6, 6.07) is 1.09. The van der Waals surface area contributed by atoms with E-state index in [1.807, 2.05) is 4.98 Å². The standard InChI is InChI=1S/C9H9FN2O4/c10-6-3-5(4-13)16-8(6)12-2-1-7(14)11-9(12)15/h1-3,5,8,13H,4H2,(H,11,14,15)/t5-,8+/m1/s1. The van der Waals surface area contributed by atoms with Crippen LogP contribution in [0, 0.1) is 0 Å². The number of ether oxygens (including phenoxy) is 1. The van der Waals surface area contributed by atoms with Crippen molar-refractivity contribution in [2.24, 2.45) is 0 Å². The maximum Gasteiger partial charge on any atom is 0.330 e. The Hall–Kier alpha value is -1.73. The lowest BCUT2D eigenvalue weighted by Crippen LogP contribution is -2.32. The van der Waals surface area contributed by atoms with Gasteiger partial charge < -0.3 is 9.84 Å². The molecule has 0 radical (unpaired) electrons. The maximum absolute atomic E-state index is 13.4. The minimum absolute atomic E-state index is 0.373. The molecule has 1 aromatic rings. The average molecular weight is 228 g/mol. The SMILES string of the molecule is O=c1ccn([C@H]2O[C@@H](CO)C=C2F)c(=O)[nH]1. The van der Waals surface area contributed by atoms with E-state index in [4.69, 9.17) is 9.84 Å². The Morgan fingerprint density at radius 1 is 1.56 bits per heavy atom. The monoisotopic (exact) mass is 228 g/mol. The quantitative estimate of drug-likeness (QED) is 0.699. The molecule has 0 saturated carbocycles. The highest BCUT2D eigenvalue weighted by Gasteiger charge is 2.29. The third kappa shape index (κ3) is 1.82. The molecule has 86 valence electrons. The van der Waals surface area contributed by atoms with Crippen LogP contribution >= 0.6 is 0 Å². The molecule has 7 heteroatoms. The van der Waals surface area contributed by atoms with Crippen molar-refractivity contribution in [3.8, 4) is 0 Å². The first-order valence-corrected chi connectivity index (χ1v) is 4.57. The predicted molar refractivity (Wildman–Crippen MR) is 51.5 cm³/mol.